The zero-order valence-electron chi connectivity index (χ0n) is 15.0. The highest BCUT2D eigenvalue weighted by molar-refractivity contribution is 5.82. The highest BCUT2D eigenvalue weighted by Crippen LogP contribution is 2.24. The lowest BCUT2D eigenvalue weighted by atomic mass is 10.0. The first-order valence-electron chi connectivity index (χ1n) is 9.12. The second-order valence-corrected chi connectivity index (χ2v) is 6.90. The van der Waals surface area contributed by atoms with E-state index < -0.39 is 6.10 Å². The third-order valence-electron chi connectivity index (χ3n) is 5.04. The molecule has 1 N–H and O–H groups in total. The molecular weight excluding hydrogens is 338 g/mol. The first kappa shape index (κ1) is 17.5. The lowest BCUT2D eigenvalue weighted by Gasteiger charge is -2.36. The number of rotatable bonds is 4. The summed E-state index contributed by atoms with van der Waals surface area (Å²) in [4.78, 5) is 6.32. The first-order chi connectivity index (χ1) is 13.2. The van der Waals surface area contributed by atoms with Crippen LogP contribution in [0.5, 0.6) is 5.75 Å². The average Bonchev–Trinajstić information content (AvgIpc) is 2.70. The number of hydrogen-bond acceptors (Lipinski definition) is 5. The van der Waals surface area contributed by atoms with Crippen LogP contribution >= 0.6 is 0 Å². The Morgan fingerprint density at radius 2 is 2.07 bits per heavy atom. The van der Waals surface area contributed by atoms with E-state index in [1.165, 1.54) is 0 Å². The molecule has 0 saturated carbocycles. The number of aliphatic hydroxyl groups is 1. The summed E-state index contributed by atoms with van der Waals surface area (Å²) in [6.45, 7) is 2.01. The summed E-state index contributed by atoms with van der Waals surface area (Å²) >= 11 is 0. The van der Waals surface area contributed by atoms with Gasteiger partial charge in [0.25, 0.3) is 0 Å². The van der Waals surface area contributed by atoms with Crippen molar-refractivity contribution in [2.24, 2.45) is 0 Å². The number of aromatic nitrogens is 1. The molecule has 1 aliphatic rings. The van der Waals surface area contributed by atoms with E-state index in [2.05, 4.69) is 16.0 Å². The molecule has 4 rings (SSSR count). The summed E-state index contributed by atoms with van der Waals surface area (Å²) in [5.41, 5.74) is 1.68. The Hall–Kier alpha value is -2.94. The van der Waals surface area contributed by atoms with Crippen LogP contribution in [0.3, 0.4) is 0 Å². The molecule has 2 aromatic carbocycles. The van der Waals surface area contributed by atoms with Gasteiger partial charge in [0.2, 0.25) is 0 Å². The molecular formula is C22H21N3O2. The maximum Gasteiger partial charge on any atom is 0.127 e. The number of benzene rings is 2. The van der Waals surface area contributed by atoms with E-state index >= 15 is 0 Å². The Morgan fingerprint density at radius 3 is 2.93 bits per heavy atom. The molecule has 0 amide bonds. The molecule has 0 aliphatic carbocycles. The van der Waals surface area contributed by atoms with Crippen molar-refractivity contribution in [3.05, 3.63) is 72.1 Å². The van der Waals surface area contributed by atoms with Crippen molar-refractivity contribution in [1.82, 2.24) is 9.88 Å². The third kappa shape index (κ3) is 3.92. The fourth-order valence-electron chi connectivity index (χ4n) is 3.58. The van der Waals surface area contributed by atoms with Crippen LogP contribution in [-0.2, 0) is 6.54 Å². The zero-order chi connectivity index (χ0) is 18.6. The predicted octanol–water partition coefficient (Wildman–Crippen LogP) is 3.12. The van der Waals surface area contributed by atoms with Gasteiger partial charge in [-0.15, -0.1) is 0 Å². The maximum absolute atomic E-state index is 10.6. The second-order valence-electron chi connectivity index (χ2n) is 6.90. The van der Waals surface area contributed by atoms with Crippen molar-refractivity contribution in [2.45, 2.75) is 25.2 Å². The number of piperidine rings is 1. The molecule has 5 nitrogen and oxygen atoms in total. The maximum atomic E-state index is 10.6. The minimum absolute atomic E-state index is 0.235. The molecule has 0 bridgehead atoms. The monoisotopic (exact) mass is 359 g/mol. The molecule has 0 spiro atoms. The van der Waals surface area contributed by atoms with E-state index in [1.54, 1.807) is 6.20 Å². The van der Waals surface area contributed by atoms with Gasteiger partial charge in [-0.05, 0) is 41.6 Å². The van der Waals surface area contributed by atoms with Crippen LogP contribution in [0.15, 0.2) is 60.9 Å². The number of aliphatic hydroxyl groups excluding tert-OH is 1. The van der Waals surface area contributed by atoms with Crippen LogP contribution in [-0.4, -0.2) is 40.3 Å². The highest BCUT2D eigenvalue weighted by atomic mass is 16.5. The van der Waals surface area contributed by atoms with Crippen molar-refractivity contribution in [1.29, 1.82) is 5.26 Å². The number of pyridine rings is 1. The molecule has 1 aromatic heterocycles. The van der Waals surface area contributed by atoms with Gasteiger partial charge in [0.15, 0.2) is 0 Å². The quantitative estimate of drug-likeness (QED) is 0.775. The Labute approximate surface area is 158 Å². The Morgan fingerprint density at radius 1 is 1.19 bits per heavy atom. The summed E-state index contributed by atoms with van der Waals surface area (Å²) in [5, 5.41) is 22.0. The SMILES string of the molecule is N#Cc1ccccc1CN1CC[C@@H](Oc2ccc3ccncc3c2)[C@H](O)C1. The molecule has 5 heteroatoms. The van der Waals surface area contributed by atoms with Gasteiger partial charge < -0.3 is 9.84 Å². The number of hydrogen-bond donors (Lipinski definition) is 1. The summed E-state index contributed by atoms with van der Waals surface area (Å²) in [5.74, 6) is 0.753. The number of fused-ring (bicyclic) bond motifs is 1. The van der Waals surface area contributed by atoms with Gasteiger partial charge >= 0.3 is 0 Å². The van der Waals surface area contributed by atoms with E-state index in [4.69, 9.17) is 4.74 Å². The Balaban J connectivity index is 1.40. The van der Waals surface area contributed by atoms with Crippen molar-refractivity contribution in [3.8, 4) is 11.8 Å². The smallest absolute Gasteiger partial charge is 0.127 e. The lowest BCUT2D eigenvalue weighted by molar-refractivity contribution is -0.0274. The number of nitriles is 1. The molecule has 2 heterocycles. The fourth-order valence-corrected chi connectivity index (χ4v) is 3.58. The van der Waals surface area contributed by atoms with Gasteiger partial charge in [-0.25, -0.2) is 0 Å². The topological polar surface area (TPSA) is 69.4 Å². The van der Waals surface area contributed by atoms with Gasteiger partial charge in [0.05, 0.1) is 11.6 Å². The molecule has 3 aromatic rings. The number of likely N-dealkylation sites (tertiary alicyclic amines) is 1. The summed E-state index contributed by atoms with van der Waals surface area (Å²) in [7, 11) is 0. The van der Waals surface area contributed by atoms with Gasteiger partial charge in [-0.2, -0.15) is 5.26 Å². The van der Waals surface area contributed by atoms with E-state index in [9.17, 15) is 10.4 Å². The van der Waals surface area contributed by atoms with Crippen molar-refractivity contribution < 1.29 is 9.84 Å². The molecule has 1 saturated heterocycles. The van der Waals surface area contributed by atoms with Crippen LogP contribution in [0.2, 0.25) is 0 Å². The zero-order valence-corrected chi connectivity index (χ0v) is 15.0. The molecule has 1 aliphatic heterocycles. The van der Waals surface area contributed by atoms with Crippen LogP contribution < -0.4 is 4.74 Å². The molecule has 1 fully saturated rings. The molecule has 136 valence electrons. The molecule has 27 heavy (non-hydrogen) atoms. The van der Waals surface area contributed by atoms with Crippen LogP contribution in [0, 0.1) is 11.3 Å². The Kier molecular flexibility index (Phi) is 5.01. The molecule has 0 unspecified atom stereocenters. The van der Waals surface area contributed by atoms with E-state index in [1.807, 2.05) is 54.7 Å². The molecule has 0 radical (unpaired) electrons. The minimum atomic E-state index is -0.572. The number of β-amino-alcohol motifs (C(OH)–C–C–N with tert-alkyl or cyclic N) is 1. The van der Waals surface area contributed by atoms with Gasteiger partial charge in [0.1, 0.15) is 18.0 Å². The van der Waals surface area contributed by atoms with E-state index in [-0.39, 0.29) is 6.10 Å². The number of ether oxygens (including phenoxy) is 1. The van der Waals surface area contributed by atoms with Crippen LogP contribution in [0.4, 0.5) is 0 Å². The highest BCUT2D eigenvalue weighted by Gasteiger charge is 2.29. The third-order valence-corrected chi connectivity index (χ3v) is 5.04. The number of nitrogens with zero attached hydrogens (tertiary/aromatic N) is 3. The van der Waals surface area contributed by atoms with Gasteiger partial charge in [-0.3, -0.25) is 9.88 Å². The van der Waals surface area contributed by atoms with Crippen molar-refractivity contribution in [2.75, 3.05) is 13.1 Å². The predicted molar refractivity (Wildman–Crippen MR) is 103 cm³/mol. The van der Waals surface area contributed by atoms with Crippen LogP contribution in [0.25, 0.3) is 10.8 Å². The summed E-state index contributed by atoms with van der Waals surface area (Å²) in [6.07, 6.45) is 3.51. The molecule has 2 atom stereocenters. The van der Waals surface area contributed by atoms with E-state index in [0.29, 0.717) is 18.7 Å². The van der Waals surface area contributed by atoms with Crippen molar-refractivity contribution in [3.63, 3.8) is 0 Å². The Bertz CT molecular complexity index is 982. The first-order valence-corrected chi connectivity index (χ1v) is 9.12. The fraction of sp³-hybridized carbons (Fsp3) is 0.273. The second kappa shape index (κ2) is 7.75. The minimum Gasteiger partial charge on any atom is -0.488 e. The van der Waals surface area contributed by atoms with Crippen molar-refractivity contribution >= 4 is 10.8 Å². The summed E-state index contributed by atoms with van der Waals surface area (Å²) in [6, 6.07) is 17.7. The normalized spacial score (nSPS) is 20.3. The van der Waals surface area contributed by atoms with E-state index in [0.717, 1.165) is 35.1 Å². The standard InChI is InChI=1S/C22H21N3O2/c23-12-17-3-1-2-4-18(17)14-25-10-8-22(21(26)15-25)27-20-6-5-16-7-9-24-13-19(16)11-20/h1-7,9,11,13,21-22,26H,8,10,14-15H2/t21-,22-/m1/s1. The van der Waals surface area contributed by atoms with Gasteiger partial charge in [-0.1, -0.05) is 24.3 Å². The van der Waals surface area contributed by atoms with Gasteiger partial charge in [0, 0.05) is 37.4 Å². The average molecular weight is 359 g/mol. The largest absolute Gasteiger partial charge is 0.488 e. The van der Waals surface area contributed by atoms with Crippen LogP contribution in [0.1, 0.15) is 17.5 Å². The lowest BCUT2D eigenvalue weighted by Crippen LogP contribution is -2.48. The summed E-state index contributed by atoms with van der Waals surface area (Å²) < 4.78 is 6.06.